The third-order valence-corrected chi connectivity index (χ3v) is 8.70. The Morgan fingerprint density at radius 1 is 1.11 bits per heavy atom. The Bertz CT molecular complexity index is 1350. The van der Waals surface area contributed by atoms with Gasteiger partial charge in [-0.15, -0.1) is 11.3 Å². The van der Waals surface area contributed by atoms with Crippen LogP contribution in [0.3, 0.4) is 0 Å². The molecule has 3 aromatic rings. The van der Waals surface area contributed by atoms with E-state index in [1.807, 2.05) is 54.8 Å². The third-order valence-electron chi connectivity index (χ3n) is 7.54. The predicted molar refractivity (Wildman–Crippen MR) is 143 cm³/mol. The van der Waals surface area contributed by atoms with E-state index in [9.17, 15) is 15.2 Å². The van der Waals surface area contributed by atoms with Gasteiger partial charge in [-0.05, 0) is 66.6 Å². The van der Waals surface area contributed by atoms with Crippen molar-refractivity contribution in [2.24, 2.45) is 16.6 Å². The quantitative estimate of drug-likeness (QED) is 0.566. The summed E-state index contributed by atoms with van der Waals surface area (Å²) in [7, 11) is 1.61. The zero-order valence-electron chi connectivity index (χ0n) is 20.4. The van der Waals surface area contributed by atoms with E-state index in [1.165, 1.54) is 16.2 Å². The molecule has 184 valence electrons. The molecular weight excluding hydrogens is 470 g/mol. The van der Waals surface area contributed by atoms with E-state index in [-0.39, 0.29) is 11.9 Å². The molecule has 0 aliphatic carbocycles. The zero-order valence-corrected chi connectivity index (χ0v) is 21.2. The molecule has 1 unspecified atom stereocenters. The fraction of sp³-hybridized carbons (Fsp3) is 0.321. The van der Waals surface area contributed by atoms with E-state index in [2.05, 4.69) is 23.1 Å². The molecule has 2 aliphatic rings. The lowest BCUT2D eigenvalue weighted by Crippen LogP contribution is -2.63. The molecule has 7 nitrogen and oxygen atoms in total. The Morgan fingerprint density at radius 3 is 2.53 bits per heavy atom. The molecule has 3 N–H and O–H groups in total. The molecule has 0 saturated carbocycles. The molecule has 2 atom stereocenters. The monoisotopic (exact) mass is 499 g/mol. The van der Waals surface area contributed by atoms with Crippen molar-refractivity contribution in [3.63, 3.8) is 0 Å². The standard InChI is InChI=1S/C28H29N5O2S/c1-27(23-16-21(18-36-23)20-8-6-7-19(15-20)17-29)24(25(34)32(2)26(30)31-27)28(35)11-13-33(14-12-28)22-9-4-3-5-10-22/h3-10,15-16,18,24,35H,11-14H2,1-2H3,(H2,30,31)/t24?,27-/m1/s1. The number of aliphatic hydroxyl groups is 1. The van der Waals surface area contributed by atoms with Crippen molar-refractivity contribution in [3.8, 4) is 17.2 Å². The number of piperidine rings is 1. The van der Waals surface area contributed by atoms with Crippen LogP contribution < -0.4 is 10.6 Å². The molecule has 0 bridgehead atoms. The normalized spacial score (nSPS) is 23.8. The second-order valence-electron chi connectivity index (χ2n) is 9.77. The van der Waals surface area contributed by atoms with Crippen LogP contribution >= 0.6 is 11.3 Å². The van der Waals surface area contributed by atoms with Gasteiger partial charge in [0.1, 0.15) is 5.54 Å². The minimum atomic E-state index is -1.24. The fourth-order valence-electron chi connectivity index (χ4n) is 5.48. The Kier molecular flexibility index (Phi) is 6.07. The highest BCUT2D eigenvalue weighted by molar-refractivity contribution is 7.10. The van der Waals surface area contributed by atoms with Gasteiger partial charge in [0.15, 0.2) is 5.96 Å². The van der Waals surface area contributed by atoms with Crippen molar-refractivity contribution in [1.29, 1.82) is 5.26 Å². The van der Waals surface area contributed by atoms with Crippen LogP contribution in [-0.2, 0) is 10.3 Å². The number of para-hydroxylation sites is 1. The Morgan fingerprint density at radius 2 is 1.83 bits per heavy atom. The fourth-order valence-corrected chi connectivity index (χ4v) is 6.53. The van der Waals surface area contributed by atoms with E-state index in [1.54, 1.807) is 13.1 Å². The van der Waals surface area contributed by atoms with Gasteiger partial charge in [-0.2, -0.15) is 5.26 Å². The molecule has 8 heteroatoms. The molecule has 5 rings (SSSR count). The first-order chi connectivity index (χ1) is 17.2. The lowest BCUT2D eigenvalue weighted by molar-refractivity contribution is -0.150. The molecule has 0 spiro atoms. The maximum absolute atomic E-state index is 13.7. The summed E-state index contributed by atoms with van der Waals surface area (Å²) in [6.07, 6.45) is 0.888. The number of amides is 1. The number of hydrogen-bond acceptors (Lipinski definition) is 7. The SMILES string of the molecule is CN1C(=O)C(C2(O)CCN(c3ccccc3)CC2)[C@@](C)(c2cc(-c3cccc(C#N)c3)cs2)N=C1N. The van der Waals surface area contributed by atoms with Crippen LogP contribution in [0, 0.1) is 17.2 Å². The highest BCUT2D eigenvalue weighted by Gasteiger charge is 2.57. The van der Waals surface area contributed by atoms with Crippen LogP contribution in [-0.4, -0.2) is 47.6 Å². The van der Waals surface area contributed by atoms with Gasteiger partial charge in [0.05, 0.1) is 23.2 Å². The van der Waals surface area contributed by atoms with Crippen molar-refractivity contribution in [2.75, 3.05) is 25.0 Å². The van der Waals surface area contributed by atoms with E-state index < -0.39 is 17.1 Å². The van der Waals surface area contributed by atoms with E-state index >= 15 is 0 Å². The molecule has 2 aromatic carbocycles. The second-order valence-corrected chi connectivity index (χ2v) is 10.7. The number of thiophene rings is 1. The summed E-state index contributed by atoms with van der Waals surface area (Å²) in [5.41, 5.74) is 7.50. The van der Waals surface area contributed by atoms with Crippen LogP contribution in [0.5, 0.6) is 0 Å². The van der Waals surface area contributed by atoms with Crippen molar-refractivity contribution in [3.05, 3.63) is 76.5 Å². The highest BCUT2D eigenvalue weighted by Crippen LogP contribution is 2.49. The lowest BCUT2D eigenvalue weighted by atomic mass is 9.67. The number of anilines is 1. The predicted octanol–water partition coefficient (Wildman–Crippen LogP) is 3.94. The smallest absolute Gasteiger partial charge is 0.237 e. The van der Waals surface area contributed by atoms with Crippen molar-refractivity contribution in [2.45, 2.75) is 30.9 Å². The van der Waals surface area contributed by atoms with Gasteiger partial charge in [-0.1, -0.05) is 30.3 Å². The average Bonchev–Trinajstić information content (AvgIpc) is 3.40. The van der Waals surface area contributed by atoms with Crippen LogP contribution in [0.25, 0.3) is 11.1 Å². The first kappa shape index (κ1) is 24.0. The number of nitrogens with two attached hydrogens (primary N) is 1. The van der Waals surface area contributed by atoms with Gasteiger partial charge in [0.25, 0.3) is 0 Å². The second kappa shape index (κ2) is 9.08. The van der Waals surface area contributed by atoms with E-state index in [0.717, 1.165) is 21.7 Å². The Hall–Kier alpha value is -3.67. The molecule has 2 aliphatic heterocycles. The first-order valence-corrected chi connectivity index (χ1v) is 12.9. The number of carbonyl (C=O) groups excluding carboxylic acids is 1. The summed E-state index contributed by atoms with van der Waals surface area (Å²) in [6, 6.07) is 21.7. The van der Waals surface area contributed by atoms with E-state index in [4.69, 9.17) is 10.7 Å². The van der Waals surface area contributed by atoms with Gasteiger partial charge in [0.2, 0.25) is 5.91 Å². The topological polar surface area (TPSA) is 106 Å². The number of nitrogens with zero attached hydrogens (tertiary/aromatic N) is 4. The summed E-state index contributed by atoms with van der Waals surface area (Å²) in [4.78, 5) is 23.0. The average molecular weight is 500 g/mol. The minimum Gasteiger partial charge on any atom is -0.389 e. The maximum Gasteiger partial charge on any atom is 0.237 e. The summed E-state index contributed by atoms with van der Waals surface area (Å²) >= 11 is 1.49. The third kappa shape index (κ3) is 4.04. The molecule has 36 heavy (non-hydrogen) atoms. The number of benzene rings is 2. The van der Waals surface area contributed by atoms with Crippen LogP contribution in [0.1, 0.15) is 30.2 Å². The number of aliphatic imine (C=N–C) groups is 1. The minimum absolute atomic E-state index is 0.144. The van der Waals surface area contributed by atoms with Crippen molar-refractivity contribution in [1.82, 2.24) is 4.90 Å². The molecular formula is C28H29N5O2S. The number of hydrogen-bond donors (Lipinski definition) is 2. The maximum atomic E-state index is 13.7. The zero-order chi connectivity index (χ0) is 25.5. The van der Waals surface area contributed by atoms with Gasteiger partial charge in [-0.25, -0.2) is 4.99 Å². The van der Waals surface area contributed by atoms with Gasteiger partial charge in [-0.3, -0.25) is 9.69 Å². The number of rotatable bonds is 4. The Labute approximate surface area is 215 Å². The highest BCUT2D eigenvalue weighted by atomic mass is 32.1. The Balaban J connectivity index is 1.50. The molecule has 0 radical (unpaired) electrons. The van der Waals surface area contributed by atoms with Crippen molar-refractivity contribution < 1.29 is 9.90 Å². The molecule has 1 amide bonds. The van der Waals surface area contributed by atoms with Gasteiger partial charge < -0.3 is 15.7 Å². The summed E-state index contributed by atoms with van der Waals surface area (Å²) in [5, 5.41) is 23.3. The van der Waals surface area contributed by atoms with Gasteiger partial charge in [0, 0.05) is 30.7 Å². The molecule has 3 heterocycles. The largest absolute Gasteiger partial charge is 0.389 e. The number of guanidine groups is 1. The van der Waals surface area contributed by atoms with Crippen LogP contribution in [0.4, 0.5) is 5.69 Å². The van der Waals surface area contributed by atoms with Crippen LogP contribution in [0.15, 0.2) is 71.0 Å². The molecule has 1 aromatic heterocycles. The number of carbonyl (C=O) groups is 1. The van der Waals surface area contributed by atoms with Crippen molar-refractivity contribution >= 4 is 28.9 Å². The molecule has 1 saturated heterocycles. The first-order valence-electron chi connectivity index (χ1n) is 12.0. The molecule has 1 fully saturated rings. The summed E-state index contributed by atoms with van der Waals surface area (Å²) < 4.78 is 0. The lowest BCUT2D eigenvalue weighted by Gasteiger charge is -2.50. The summed E-state index contributed by atoms with van der Waals surface area (Å²) in [6.45, 7) is 3.18. The van der Waals surface area contributed by atoms with E-state index in [0.29, 0.717) is 31.5 Å². The summed E-state index contributed by atoms with van der Waals surface area (Å²) in [5.74, 6) is -0.857. The van der Waals surface area contributed by atoms with Gasteiger partial charge >= 0.3 is 0 Å². The number of nitriles is 1. The van der Waals surface area contributed by atoms with Crippen LogP contribution in [0.2, 0.25) is 0 Å².